The number of anilines is 1. The van der Waals surface area contributed by atoms with E-state index in [0.717, 1.165) is 60.0 Å². The topological polar surface area (TPSA) is 86.4 Å². The van der Waals surface area contributed by atoms with E-state index in [1.54, 1.807) is 24.8 Å². The molecule has 4 heterocycles. The Morgan fingerprint density at radius 3 is 2.79 bits per heavy atom. The van der Waals surface area contributed by atoms with Crippen molar-refractivity contribution in [2.24, 2.45) is 0 Å². The van der Waals surface area contributed by atoms with Crippen LogP contribution in [0.4, 0.5) is 10.2 Å². The number of hydrogen-bond donors (Lipinski definition) is 2. The Morgan fingerprint density at radius 2 is 2.00 bits per heavy atom. The van der Waals surface area contributed by atoms with Crippen molar-refractivity contribution in [3.63, 3.8) is 0 Å². The number of piperidine rings is 1. The van der Waals surface area contributed by atoms with E-state index in [9.17, 15) is 4.39 Å². The quantitative estimate of drug-likeness (QED) is 0.527. The molecule has 9 heteroatoms. The first-order valence-electron chi connectivity index (χ1n) is 9.51. The van der Waals surface area contributed by atoms with Gasteiger partial charge in [-0.25, -0.2) is 24.3 Å². The number of fused-ring (bicyclic) bond motifs is 1. The number of aromatic nitrogens is 6. The van der Waals surface area contributed by atoms with Crippen LogP contribution in [0.5, 0.6) is 0 Å². The predicted octanol–water partition coefficient (Wildman–Crippen LogP) is 4.23. The Kier molecular flexibility index (Phi) is 4.43. The molecule has 1 aromatic carbocycles. The van der Waals surface area contributed by atoms with Crippen LogP contribution < -0.4 is 4.90 Å². The SMILES string of the molecule is Cc1[nH]c(C2CCN(c3ncnc4nc[nH]c34)CC2)nc1-c1ccc(F)c(Cl)c1. The Hall–Kier alpha value is -3.00. The standard InChI is InChI=1S/C20H19ClFN7/c1-11-16(13-2-3-15(22)14(21)8-13)28-18(27-11)12-4-6-29(7-5-12)20-17-19(24-9-23-17)25-10-26-20/h2-3,8-10,12H,4-7H2,1H3,(H,27,28)(H,23,24,25,26). The van der Waals surface area contributed by atoms with Gasteiger partial charge in [-0.1, -0.05) is 11.6 Å². The van der Waals surface area contributed by atoms with Crippen molar-refractivity contribution >= 4 is 28.6 Å². The molecule has 0 aliphatic carbocycles. The molecule has 1 aliphatic rings. The third-order valence-electron chi connectivity index (χ3n) is 5.48. The minimum atomic E-state index is -0.424. The van der Waals surface area contributed by atoms with Crippen LogP contribution in [0.25, 0.3) is 22.4 Å². The maximum absolute atomic E-state index is 13.5. The Morgan fingerprint density at radius 1 is 1.17 bits per heavy atom. The summed E-state index contributed by atoms with van der Waals surface area (Å²) in [6, 6.07) is 4.71. The smallest absolute Gasteiger partial charge is 0.182 e. The Labute approximate surface area is 171 Å². The van der Waals surface area contributed by atoms with Gasteiger partial charge in [-0.15, -0.1) is 0 Å². The third-order valence-corrected chi connectivity index (χ3v) is 5.77. The maximum Gasteiger partial charge on any atom is 0.182 e. The van der Waals surface area contributed by atoms with E-state index in [-0.39, 0.29) is 5.02 Å². The molecule has 0 spiro atoms. The van der Waals surface area contributed by atoms with E-state index in [1.165, 1.54) is 6.07 Å². The minimum Gasteiger partial charge on any atom is -0.355 e. The number of H-pyrrole nitrogens is 2. The lowest BCUT2D eigenvalue weighted by Gasteiger charge is -2.32. The van der Waals surface area contributed by atoms with Gasteiger partial charge in [0.15, 0.2) is 11.5 Å². The summed E-state index contributed by atoms with van der Waals surface area (Å²) < 4.78 is 13.5. The number of aryl methyl sites for hydroxylation is 1. The fraction of sp³-hybridized carbons (Fsp3) is 0.300. The first-order chi connectivity index (χ1) is 14.1. The van der Waals surface area contributed by atoms with Crippen molar-refractivity contribution in [2.75, 3.05) is 18.0 Å². The Bertz CT molecular complexity index is 1180. The number of hydrogen-bond acceptors (Lipinski definition) is 5. The van der Waals surface area contributed by atoms with Crippen LogP contribution in [-0.2, 0) is 0 Å². The lowest BCUT2D eigenvalue weighted by molar-refractivity contribution is 0.487. The monoisotopic (exact) mass is 411 g/mol. The molecule has 1 aliphatic heterocycles. The van der Waals surface area contributed by atoms with E-state index in [4.69, 9.17) is 16.6 Å². The molecule has 0 saturated carbocycles. The van der Waals surface area contributed by atoms with Crippen LogP contribution in [0, 0.1) is 12.7 Å². The van der Waals surface area contributed by atoms with Gasteiger partial charge in [0, 0.05) is 30.3 Å². The van der Waals surface area contributed by atoms with Crippen molar-refractivity contribution in [1.29, 1.82) is 0 Å². The molecule has 7 nitrogen and oxygen atoms in total. The van der Waals surface area contributed by atoms with Crippen molar-refractivity contribution in [2.45, 2.75) is 25.7 Å². The summed E-state index contributed by atoms with van der Waals surface area (Å²) in [4.78, 5) is 26.5. The average molecular weight is 412 g/mol. The molecule has 0 unspecified atom stereocenters. The zero-order valence-corrected chi connectivity index (χ0v) is 16.5. The largest absolute Gasteiger partial charge is 0.355 e. The molecule has 3 aromatic heterocycles. The number of imidazole rings is 2. The van der Waals surface area contributed by atoms with E-state index in [0.29, 0.717) is 11.6 Å². The fourth-order valence-electron chi connectivity index (χ4n) is 3.96. The highest BCUT2D eigenvalue weighted by atomic mass is 35.5. The normalized spacial score (nSPS) is 15.3. The van der Waals surface area contributed by atoms with Crippen molar-refractivity contribution < 1.29 is 4.39 Å². The summed E-state index contributed by atoms with van der Waals surface area (Å²) in [7, 11) is 0. The van der Waals surface area contributed by atoms with Crippen LogP contribution in [0.1, 0.15) is 30.3 Å². The molecule has 5 rings (SSSR count). The summed E-state index contributed by atoms with van der Waals surface area (Å²) >= 11 is 5.94. The lowest BCUT2D eigenvalue weighted by Crippen LogP contribution is -2.34. The van der Waals surface area contributed by atoms with Crippen LogP contribution in [0.15, 0.2) is 30.9 Å². The fourth-order valence-corrected chi connectivity index (χ4v) is 4.14. The molecule has 1 fully saturated rings. The van der Waals surface area contributed by atoms with Gasteiger partial charge < -0.3 is 14.9 Å². The number of nitrogens with one attached hydrogen (secondary N) is 2. The average Bonchev–Trinajstić information content (AvgIpc) is 3.37. The zero-order chi connectivity index (χ0) is 20.0. The molecule has 4 aromatic rings. The van der Waals surface area contributed by atoms with Gasteiger partial charge in [0.25, 0.3) is 0 Å². The van der Waals surface area contributed by atoms with Crippen molar-refractivity contribution in [3.8, 4) is 11.3 Å². The molecule has 29 heavy (non-hydrogen) atoms. The first-order valence-corrected chi connectivity index (χ1v) is 9.89. The molecule has 0 atom stereocenters. The summed E-state index contributed by atoms with van der Waals surface area (Å²) in [5.41, 5.74) is 4.15. The molecule has 0 bridgehead atoms. The predicted molar refractivity (Wildman–Crippen MR) is 110 cm³/mol. The zero-order valence-electron chi connectivity index (χ0n) is 15.8. The highest BCUT2D eigenvalue weighted by molar-refractivity contribution is 6.31. The van der Waals surface area contributed by atoms with Gasteiger partial charge in [0.2, 0.25) is 0 Å². The first kappa shape index (κ1) is 18.1. The van der Waals surface area contributed by atoms with Gasteiger partial charge in [-0.2, -0.15) is 0 Å². The summed E-state index contributed by atoms with van der Waals surface area (Å²) in [5, 5.41) is 0.106. The second-order valence-corrected chi connectivity index (χ2v) is 7.69. The molecule has 1 saturated heterocycles. The molecule has 2 N–H and O–H groups in total. The van der Waals surface area contributed by atoms with Gasteiger partial charge in [-0.05, 0) is 38.0 Å². The van der Waals surface area contributed by atoms with Crippen LogP contribution in [0.3, 0.4) is 0 Å². The summed E-state index contributed by atoms with van der Waals surface area (Å²) in [6.07, 6.45) is 5.11. The third kappa shape index (κ3) is 3.23. The van der Waals surface area contributed by atoms with Crippen molar-refractivity contribution in [3.05, 3.63) is 53.2 Å². The number of nitrogens with zero attached hydrogens (tertiary/aromatic N) is 5. The summed E-state index contributed by atoms with van der Waals surface area (Å²) in [6.45, 7) is 3.72. The van der Waals surface area contributed by atoms with Gasteiger partial charge in [0.05, 0.1) is 17.0 Å². The summed E-state index contributed by atoms with van der Waals surface area (Å²) in [5.74, 6) is 1.76. The second kappa shape index (κ2) is 7.11. The van der Waals surface area contributed by atoms with E-state index in [1.807, 2.05) is 6.92 Å². The number of benzene rings is 1. The highest BCUT2D eigenvalue weighted by Gasteiger charge is 2.26. The van der Waals surface area contributed by atoms with E-state index < -0.39 is 5.82 Å². The number of rotatable bonds is 3. The van der Waals surface area contributed by atoms with Gasteiger partial charge in [-0.3, -0.25) is 0 Å². The van der Waals surface area contributed by atoms with Gasteiger partial charge >= 0.3 is 0 Å². The maximum atomic E-state index is 13.5. The number of aromatic amines is 2. The van der Waals surface area contributed by atoms with E-state index in [2.05, 4.69) is 29.8 Å². The van der Waals surface area contributed by atoms with Crippen molar-refractivity contribution in [1.82, 2.24) is 29.9 Å². The minimum absolute atomic E-state index is 0.106. The molecule has 0 radical (unpaired) electrons. The Balaban J connectivity index is 1.35. The van der Waals surface area contributed by atoms with Crippen LogP contribution in [-0.4, -0.2) is 43.0 Å². The van der Waals surface area contributed by atoms with Crippen LogP contribution >= 0.6 is 11.6 Å². The van der Waals surface area contributed by atoms with E-state index >= 15 is 0 Å². The molecule has 148 valence electrons. The molecular formula is C20H19ClFN7. The lowest BCUT2D eigenvalue weighted by atomic mass is 9.96. The second-order valence-electron chi connectivity index (χ2n) is 7.28. The number of halogens is 2. The highest BCUT2D eigenvalue weighted by Crippen LogP contribution is 2.33. The molecular weight excluding hydrogens is 393 g/mol. The van der Waals surface area contributed by atoms with Crippen LogP contribution in [0.2, 0.25) is 5.02 Å². The molecule has 0 amide bonds. The van der Waals surface area contributed by atoms with Gasteiger partial charge in [0.1, 0.15) is 23.5 Å².